The summed E-state index contributed by atoms with van der Waals surface area (Å²) in [4.78, 5) is 30.7. The monoisotopic (exact) mass is 305 g/mol. The van der Waals surface area contributed by atoms with Crippen molar-refractivity contribution in [2.45, 2.75) is 32.5 Å². The SMILES string of the molecule is COC(=O)CCC(=O)Nc1cnc(C#C[Si](C)(C)C)cn1. The lowest BCUT2D eigenvalue weighted by Gasteiger charge is -2.04. The molecule has 1 aromatic rings. The Morgan fingerprint density at radius 2 is 1.95 bits per heavy atom. The summed E-state index contributed by atoms with van der Waals surface area (Å²) in [6.45, 7) is 6.43. The van der Waals surface area contributed by atoms with Crippen LogP contribution in [-0.2, 0) is 14.3 Å². The Morgan fingerprint density at radius 3 is 2.48 bits per heavy atom. The van der Waals surface area contributed by atoms with Crippen LogP contribution >= 0.6 is 0 Å². The van der Waals surface area contributed by atoms with Crippen LogP contribution in [0.3, 0.4) is 0 Å². The average Bonchev–Trinajstić information content (AvgIpc) is 2.43. The van der Waals surface area contributed by atoms with Crippen molar-refractivity contribution in [2.75, 3.05) is 12.4 Å². The highest BCUT2D eigenvalue weighted by molar-refractivity contribution is 6.83. The molecule has 112 valence electrons. The number of rotatable bonds is 4. The number of esters is 1. The van der Waals surface area contributed by atoms with E-state index in [0.717, 1.165) is 0 Å². The molecular weight excluding hydrogens is 286 g/mol. The van der Waals surface area contributed by atoms with Crippen LogP contribution in [0.5, 0.6) is 0 Å². The van der Waals surface area contributed by atoms with E-state index >= 15 is 0 Å². The Hall–Kier alpha value is -2.20. The van der Waals surface area contributed by atoms with Crippen molar-refractivity contribution in [3.05, 3.63) is 18.1 Å². The Balaban J connectivity index is 2.56. The van der Waals surface area contributed by atoms with Crippen molar-refractivity contribution in [1.29, 1.82) is 0 Å². The van der Waals surface area contributed by atoms with Gasteiger partial charge in [-0.2, -0.15) is 0 Å². The lowest BCUT2D eigenvalue weighted by atomic mass is 10.3. The van der Waals surface area contributed by atoms with E-state index in [0.29, 0.717) is 11.5 Å². The second-order valence-electron chi connectivity index (χ2n) is 5.41. The van der Waals surface area contributed by atoms with Crippen LogP contribution in [0, 0.1) is 11.5 Å². The third-order valence-electron chi connectivity index (χ3n) is 2.27. The molecule has 0 fully saturated rings. The molecule has 7 heteroatoms. The number of aromatic nitrogens is 2. The molecule has 1 amide bonds. The Bertz CT molecular complexity index is 568. The smallest absolute Gasteiger partial charge is 0.306 e. The fraction of sp³-hybridized carbons (Fsp3) is 0.429. The van der Waals surface area contributed by atoms with Crippen molar-refractivity contribution in [1.82, 2.24) is 9.97 Å². The van der Waals surface area contributed by atoms with Crippen molar-refractivity contribution < 1.29 is 14.3 Å². The standard InChI is InChI=1S/C14H19N3O3Si/c1-20-14(19)6-5-13(18)17-12-10-15-11(9-16-12)7-8-21(2,3)4/h9-10H,5-6H2,1-4H3,(H,16,17,18). The second-order valence-corrected chi connectivity index (χ2v) is 10.2. The molecule has 0 unspecified atom stereocenters. The summed E-state index contributed by atoms with van der Waals surface area (Å²) < 4.78 is 4.46. The largest absolute Gasteiger partial charge is 0.469 e. The van der Waals surface area contributed by atoms with Crippen molar-refractivity contribution >= 4 is 25.8 Å². The van der Waals surface area contributed by atoms with Gasteiger partial charge in [-0.3, -0.25) is 9.59 Å². The highest BCUT2D eigenvalue weighted by atomic mass is 28.3. The molecular formula is C14H19N3O3Si. The van der Waals surface area contributed by atoms with Gasteiger partial charge in [0.2, 0.25) is 5.91 Å². The summed E-state index contributed by atoms with van der Waals surface area (Å²) >= 11 is 0. The van der Waals surface area contributed by atoms with Gasteiger partial charge in [0.15, 0.2) is 5.82 Å². The number of nitrogens with zero attached hydrogens (tertiary/aromatic N) is 2. The van der Waals surface area contributed by atoms with E-state index in [9.17, 15) is 9.59 Å². The molecule has 0 aliphatic carbocycles. The first-order valence-corrected chi connectivity index (χ1v) is 10.0. The molecule has 6 nitrogen and oxygen atoms in total. The number of nitrogens with one attached hydrogen (secondary N) is 1. The minimum Gasteiger partial charge on any atom is -0.469 e. The van der Waals surface area contributed by atoms with Crippen LogP contribution in [0.1, 0.15) is 18.5 Å². The van der Waals surface area contributed by atoms with E-state index in [1.807, 2.05) is 0 Å². The van der Waals surface area contributed by atoms with E-state index in [-0.39, 0.29) is 18.7 Å². The van der Waals surface area contributed by atoms with E-state index in [4.69, 9.17) is 0 Å². The molecule has 0 atom stereocenters. The third-order valence-corrected chi connectivity index (χ3v) is 3.14. The van der Waals surface area contributed by atoms with Gasteiger partial charge < -0.3 is 10.1 Å². The molecule has 0 aliphatic rings. The molecule has 0 saturated carbocycles. The molecule has 0 saturated heterocycles. The van der Waals surface area contributed by atoms with E-state index in [1.54, 1.807) is 0 Å². The lowest BCUT2D eigenvalue weighted by Crippen LogP contribution is -2.16. The van der Waals surface area contributed by atoms with Gasteiger partial charge in [-0.25, -0.2) is 9.97 Å². The number of amides is 1. The van der Waals surface area contributed by atoms with Gasteiger partial charge in [0.25, 0.3) is 0 Å². The van der Waals surface area contributed by atoms with Gasteiger partial charge in [-0.15, -0.1) is 5.54 Å². The van der Waals surface area contributed by atoms with Gasteiger partial charge in [-0.1, -0.05) is 25.6 Å². The molecule has 1 rings (SSSR count). The van der Waals surface area contributed by atoms with Crippen molar-refractivity contribution in [3.63, 3.8) is 0 Å². The molecule has 0 spiro atoms. The minimum absolute atomic E-state index is 0.0372. The van der Waals surface area contributed by atoms with Gasteiger partial charge in [-0.05, 0) is 0 Å². The summed E-state index contributed by atoms with van der Waals surface area (Å²) in [6.07, 6.45) is 3.05. The van der Waals surface area contributed by atoms with E-state index in [2.05, 4.69) is 51.1 Å². The molecule has 1 heterocycles. The maximum Gasteiger partial charge on any atom is 0.306 e. The van der Waals surface area contributed by atoms with Gasteiger partial charge in [0.1, 0.15) is 13.8 Å². The van der Waals surface area contributed by atoms with Crippen LogP contribution in [0.2, 0.25) is 19.6 Å². The highest BCUT2D eigenvalue weighted by Gasteiger charge is 2.09. The van der Waals surface area contributed by atoms with Crippen LogP contribution in [0.15, 0.2) is 12.4 Å². The van der Waals surface area contributed by atoms with Gasteiger partial charge >= 0.3 is 5.97 Å². The minimum atomic E-state index is -1.45. The summed E-state index contributed by atoms with van der Waals surface area (Å²) in [5.74, 6) is 2.58. The number of anilines is 1. The first-order valence-electron chi connectivity index (χ1n) is 6.52. The summed E-state index contributed by atoms with van der Waals surface area (Å²) in [5.41, 5.74) is 3.76. The predicted octanol–water partition coefficient (Wildman–Crippen LogP) is 1.60. The Kier molecular flexibility index (Phi) is 6.05. The number of carbonyl (C=O) groups excluding carboxylic acids is 2. The zero-order valence-corrected chi connectivity index (χ0v) is 13.7. The summed E-state index contributed by atoms with van der Waals surface area (Å²) in [6, 6.07) is 0. The zero-order chi connectivity index (χ0) is 15.9. The number of hydrogen-bond donors (Lipinski definition) is 1. The molecule has 0 radical (unpaired) electrons. The summed E-state index contributed by atoms with van der Waals surface area (Å²) in [7, 11) is -0.164. The van der Waals surface area contributed by atoms with Crippen molar-refractivity contribution in [3.8, 4) is 11.5 Å². The molecule has 1 aromatic heterocycles. The molecule has 0 bridgehead atoms. The van der Waals surface area contributed by atoms with E-state index < -0.39 is 14.0 Å². The molecule has 1 N–H and O–H groups in total. The molecule has 0 aromatic carbocycles. The number of hydrogen-bond acceptors (Lipinski definition) is 5. The Morgan fingerprint density at radius 1 is 1.24 bits per heavy atom. The highest BCUT2D eigenvalue weighted by Crippen LogP contribution is 2.03. The first-order chi connectivity index (χ1) is 9.80. The average molecular weight is 305 g/mol. The van der Waals surface area contributed by atoms with Crippen LogP contribution in [-0.4, -0.2) is 37.0 Å². The van der Waals surface area contributed by atoms with Gasteiger partial charge in [0, 0.05) is 6.42 Å². The number of methoxy groups -OCH3 is 1. The predicted molar refractivity (Wildman–Crippen MR) is 82.1 cm³/mol. The molecule has 21 heavy (non-hydrogen) atoms. The summed E-state index contributed by atoms with van der Waals surface area (Å²) in [5, 5.41) is 2.56. The Labute approximate surface area is 125 Å². The third kappa shape index (κ3) is 7.22. The van der Waals surface area contributed by atoms with Crippen LogP contribution in [0.4, 0.5) is 5.82 Å². The number of carbonyl (C=O) groups is 2. The quantitative estimate of drug-likeness (QED) is 0.519. The van der Waals surface area contributed by atoms with Crippen LogP contribution in [0.25, 0.3) is 0 Å². The second kappa shape index (κ2) is 7.55. The van der Waals surface area contributed by atoms with Gasteiger partial charge in [0.05, 0.1) is 25.9 Å². The normalized spacial score (nSPS) is 10.3. The maximum atomic E-state index is 11.6. The fourth-order valence-corrected chi connectivity index (χ4v) is 1.73. The lowest BCUT2D eigenvalue weighted by molar-refractivity contribution is -0.141. The topological polar surface area (TPSA) is 81.2 Å². The van der Waals surface area contributed by atoms with Crippen molar-refractivity contribution in [2.24, 2.45) is 0 Å². The zero-order valence-electron chi connectivity index (χ0n) is 12.7. The van der Waals surface area contributed by atoms with E-state index in [1.165, 1.54) is 19.5 Å². The maximum absolute atomic E-state index is 11.6. The number of ether oxygens (including phenoxy) is 1. The molecule has 0 aliphatic heterocycles. The van der Waals surface area contributed by atoms with Crippen LogP contribution < -0.4 is 5.32 Å². The fourth-order valence-electron chi connectivity index (χ4n) is 1.23. The first kappa shape index (κ1) is 16.9.